The largest absolute Gasteiger partial charge is 0.324 e. The van der Waals surface area contributed by atoms with Gasteiger partial charge in [-0.25, -0.2) is 14.4 Å². The quantitative estimate of drug-likeness (QED) is 0.723. The Morgan fingerprint density at radius 3 is 2.77 bits per heavy atom. The highest BCUT2D eigenvalue weighted by molar-refractivity contribution is 6.31. The summed E-state index contributed by atoms with van der Waals surface area (Å²) < 4.78 is 13.2. The molecule has 3 rings (SSSR count). The number of carbonyl (C=O) groups excluding carboxylic acids is 1. The number of nitrogens with one attached hydrogen (secondary N) is 2. The van der Waals surface area contributed by atoms with Crippen LogP contribution in [-0.2, 0) is 0 Å². The summed E-state index contributed by atoms with van der Waals surface area (Å²) in [5.41, 5.74) is 1.31. The van der Waals surface area contributed by atoms with Crippen LogP contribution in [0.3, 0.4) is 0 Å². The first-order valence-electron chi connectivity index (χ1n) is 7.42. The Bertz CT molecular complexity index is 1020. The minimum Gasteiger partial charge on any atom is -0.324 e. The lowest BCUT2D eigenvalue weighted by Crippen LogP contribution is -2.15. The fraction of sp³-hybridized carbons (Fsp3) is 0. The average molecular weight is 368 g/mol. The van der Waals surface area contributed by atoms with Gasteiger partial charge in [0.1, 0.15) is 17.6 Å². The minimum absolute atomic E-state index is 0.0444. The summed E-state index contributed by atoms with van der Waals surface area (Å²) in [5, 5.41) is 14.5. The smallest absolute Gasteiger partial charge is 0.274 e. The lowest BCUT2D eigenvalue weighted by atomic mass is 10.2. The maximum absolute atomic E-state index is 13.2. The van der Waals surface area contributed by atoms with E-state index in [2.05, 4.69) is 20.6 Å². The fourth-order valence-electron chi connectivity index (χ4n) is 2.12. The molecule has 0 spiro atoms. The van der Waals surface area contributed by atoms with E-state index < -0.39 is 11.7 Å². The first-order chi connectivity index (χ1) is 12.6. The Hall–Kier alpha value is -3.50. The maximum Gasteiger partial charge on any atom is 0.274 e. The molecule has 8 heteroatoms. The molecule has 128 valence electrons. The number of amides is 1. The van der Waals surface area contributed by atoms with E-state index in [-0.39, 0.29) is 16.7 Å². The summed E-state index contributed by atoms with van der Waals surface area (Å²) in [7, 11) is 0. The van der Waals surface area contributed by atoms with Crippen molar-refractivity contribution in [2.75, 3.05) is 10.6 Å². The zero-order chi connectivity index (χ0) is 18.5. The van der Waals surface area contributed by atoms with Crippen LogP contribution in [0.4, 0.5) is 21.7 Å². The van der Waals surface area contributed by atoms with Gasteiger partial charge in [0, 0.05) is 11.9 Å². The summed E-state index contributed by atoms with van der Waals surface area (Å²) in [4.78, 5) is 20.5. The number of anilines is 3. The topological polar surface area (TPSA) is 90.7 Å². The molecule has 2 aromatic carbocycles. The molecular formula is C18H11ClFN5O. The van der Waals surface area contributed by atoms with Crippen LogP contribution >= 0.6 is 11.6 Å². The molecule has 6 nitrogen and oxygen atoms in total. The molecular weight excluding hydrogens is 357 g/mol. The molecule has 1 amide bonds. The van der Waals surface area contributed by atoms with Crippen molar-refractivity contribution in [3.63, 3.8) is 0 Å². The van der Waals surface area contributed by atoms with Gasteiger partial charge in [-0.3, -0.25) is 4.79 Å². The van der Waals surface area contributed by atoms with E-state index in [1.807, 2.05) is 6.07 Å². The van der Waals surface area contributed by atoms with Gasteiger partial charge >= 0.3 is 0 Å². The van der Waals surface area contributed by atoms with E-state index in [0.29, 0.717) is 16.9 Å². The lowest BCUT2D eigenvalue weighted by Gasteiger charge is -2.08. The molecule has 26 heavy (non-hydrogen) atoms. The van der Waals surface area contributed by atoms with Crippen LogP contribution < -0.4 is 10.6 Å². The normalized spacial score (nSPS) is 10.0. The van der Waals surface area contributed by atoms with E-state index in [9.17, 15) is 9.18 Å². The molecule has 0 saturated heterocycles. The monoisotopic (exact) mass is 367 g/mol. The number of carbonyl (C=O) groups is 1. The Balaban J connectivity index is 1.79. The molecule has 0 aliphatic carbocycles. The number of hydrogen-bond donors (Lipinski definition) is 2. The summed E-state index contributed by atoms with van der Waals surface area (Å²) in [6, 6.07) is 14.1. The second-order valence-corrected chi connectivity index (χ2v) is 5.54. The van der Waals surface area contributed by atoms with Crippen LogP contribution in [0.2, 0.25) is 5.02 Å². The SMILES string of the molecule is N#Cc1ccccc1NC(=O)c1ccnc(Nc2ccc(F)c(Cl)c2)n1. The predicted molar refractivity (Wildman–Crippen MR) is 95.8 cm³/mol. The van der Waals surface area contributed by atoms with Crippen molar-refractivity contribution in [1.82, 2.24) is 9.97 Å². The lowest BCUT2D eigenvalue weighted by molar-refractivity contribution is 0.102. The van der Waals surface area contributed by atoms with E-state index in [1.54, 1.807) is 24.3 Å². The van der Waals surface area contributed by atoms with E-state index in [0.717, 1.165) is 0 Å². The average Bonchev–Trinajstić information content (AvgIpc) is 2.65. The van der Waals surface area contributed by atoms with Gasteiger partial charge in [-0.1, -0.05) is 23.7 Å². The maximum atomic E-state index is 13.2. The molecule has 0 atom stereocenters. The number of nitriles is 1. The third kappa shape index (κ3) is 3.94. The van der Waals surface area contributed by atoms with E-state index >= 15 is 0 Å². The molecule has 0 unspecified atom stereocenters. The molecule has 0 saturated carbocycles. The van der Waals surface area contributed by atoms with Crippen molar-refractivity contribution in [2.24, 2.45) is 0 Å². The van der Waals surface area contributed by atoms with Gasteiger partial charge in [-0.2, -0.15) is 5.26 Å². The predicted octanol–water partition coefficient (Wildman–Crippen LogP) is 4.14. The van der Waals surface area contributed by atoms with Crippen molar-refractivity contribution in [2.45, 2.75) is 0 Å². The van der Waals surface area contributed by atoms with Crippen molar-refractivity contribution in [3.05, 3.63) is 76.8 Å². The first-order valence-corrected chi connectivity index (χ1v) is 7.80. The Kier molecular flexibility index (Phi) is 5.06. The highest BCUT2D eigenvalue weighted by atomic mass is 35.5. The summed E-state index contributed by atoms with van der Waals surface area (Å²) >= 11 is 5.73. The Labute approximate surface area is 153 Å². The van der Waals surface area contributed by atoms with Crippen LogP contribution in [-0.4, -0.2) is 15.9 Å². The number of nitrogens with zero attached hydrogens (tertiary/aromatic N) is 3. The van der Waals surface area contributed by atoms with Crippen LogP contribution in [0.15, 0.2) is 54.7 Å². The third-order valence-electron chi connectivity index (χ3n) is 3.36. The van der Waals surface area contributed by atoms with Crippen LogP contribution in [0, 0.1) is 17.1 Å². The van der Waals surface area contributed by atoms with Crippen LogP contribution in [0.1, 0.15) is 16.1 Å². The number of rotatable bonds is 4. The van der Waals surface area contributed by atoms with Crippen molar-refractivity contribution in [1.29, 1.82) is 5.26 Å². The summed E-state index contributed by atoms with van der Waals surface area (Å²) in [5.74, 6) is -0.883. The third-order valence-corrected chi connectivity index (χ3v) is 3.65. The zero-order valence-corrected chi connectivity index (χ0v) is 14.0. The molecule has 0 fully saturated rings. The second-order valence-electron chi connectivity index (χ2n) is 5.13. The molecule has 3 aromatic rings. The highest BCUT2D eigenvalue weighted by Gasteiger charge is 2.12. The van der Waals surface area contributed by atoms with Gasteiger partial charge < -0.3 is 10.6 Å². The molecule has 0 aliphatic heterocycles. The summed E-state index contributed by atoms with van der Waals surface area (Å²) in [6.45, 7) is 0. The number of para-hydroxylation sites is 1. The molecule has 2 N–H and O–H groups in total. The molecule has 0 aliphatic rings. The number of hydrogen-bond acceptors (Lipinski definition) is 5. The van der Waals surface area contributed by atoms with Gasteiger partial charge in [0.15, 0.2) is 0 Å². The molecule has 0 radical (unpaired) electrons. The molecule has 1 aromatic heterocycles. The summed E-state index contributed by atoms with van der Waals surface area (Å²) in [6.07, 6.45) is 1.41. The molecule has 0 bridgehead atoms. The van der Waals surface area contributed by atoms with Gasteiger partial charge in [0.2, 0.25) is 5.95 Å². The van der Waals surface area contributed by atoms with Gasteiger partial charge in [-0.15, -0.1) is 0 Å². The number of aromatic nitrogens is 2. The first kappa shape index (κ1) is 17.3. The Morgan fingerprint density at radius 2 is 2.00 bits per heavy atom. The van der Waals surface area contributed by atoms with Gasteiger partial charge in [0.05, 0.1) is 16.3 Å². The zero-order valence-electron chi connectivity index (χ0n) is 13.2. The highest BCUT2D eigenvalue weighted by Crippen LogP contribution is 2.21. The minimum atomic E-state index is -0.539. The van der Waals surface area contributed by atoms with E-state index in [1.165, 1.54) is 30.5 Å². The second kappa shape index (κ2) is 7.59. The van der Waals surface area contributed by atoms with Gasteiger partial charge in [0.25, 0.3) is 5.91 Å². The standard InChI is InChI=1S/C18H11ClFN5O/c19-13-9-12(5-6-14(13)20)23-18-22-8-7-16(25-18)17(26)24-15-4-2-1-3-11(15)10-21/h1-9H,(H,24,26)(H,22,23,25). The molecule has 1 heterocycles. The van der Waals surface area contributed by atoms with Gasteiger partial charge in [-0.05, 0) is 36.4 Å². The van der Waals surface area contributed by atoms with Crippen LogP contribution in [0.25, 0.3) is 0 Å². The van der Waals surface area contributed by atoms with Crippen LogP contribution in [0.5, 0.6) is 0 Å². The van der Waals surface area contributed by atoms with Crippen molar-refractivity contribution < 1.29 is 9.18 Å². The van der Waals surface area contributed by atoms with E-state index in [4.69, 9.17) is 16.9 Å². The number of benzene rings is 2. The van der Waals surface area contributed by atoms with Crippen molar-refractivity contribution >= 4 is 34.8 Å². The van der Waals surface area contributed by atoms with Crippen molar-refractivity contribution in [3.8, 4) is 6.07 Å². The fourth-order valence-corrected chi connectivity index (χ4v) is 2.30. The number of halogens is 2. The Morgan fingerprint density at radius 1 is 1.19 bits per heavy atom.